The molecule has 0 unspecified atom stereocenters. The normalized spacial score (nSPS) is 10.1. The summed E-state index contributed by atoms with van der Waals surface area (Å²) in [5.74, 6) is 0. The van der Waals surface area contributed by atoms with E-state index in [2.05, 4.69) is 22.0 Å². The van der Waals surface area contributed by atoms with Crippen molar-refractivity contribution in [3.63, 3.8) is 0 Å². The maximum Gasteiger partial charge on any atom is 0.265 e. The molecule has 0 fully saturated rings. The van der Waals surface area contributed by atoms with Gasteiger partial charge in [-0.25, -0.2) is 0 Å². The number of halogens is 1. The monoisotopic (exact) mass is 302 g/mol. The molecule has 0 saturated heterocycles. The summed E-state index contributed by atoms with van der Waals surface area (Å²) in [5, 5.41) is 8.72. The molecule has 0 aliphatic carbocycles. The van der Waals surface area contributed by atoms with E-state index in [0.29, 0.717) is 16.6 Å². The van der Waals surface area contributed by atoms with E-state index >= 15 is 0 Å². The highest BCUT2D eigenvalue weighted by atomic mass is 79.9. The van der Waals surface area contributed by atoms with Gasteiger partial charge in [-0.2, -0.15) is 5.26 Å². The first-order chi connectivity index (χ1) is 8.60. The van der Waals surface area contributed by atoms with Gasteiger partial charge in [0.2, 0.25) is 0 Å². The molecule has 0 spiro atoms. The number of aryl methyl sites for hydroxylation is 1. The first kappa shape index (κ1) is 12.6. The van der Waals surface area contributed by atoms with E-state index in [-0.39, 0.29) is 5.56 Å². The van der Waals surface area contributed by atoms with Crippen LogP contribution >= 0.6 is 15.9 Å². The van der Waals surface area contributed by atoms with Crippen LogP contribution in [0.25, 0.3) is 0 Å². The van der Waals surface area contributed by atoms with Crippen LogP contribution in [0.3, 0.4) is 0 Å². The molecule has 0 bridgehead atoms. The number of rotatable bonds is 2. The maximum atomic E-state index is 11.9. The van der Waals surface area contributed by atoms with Crippen LogP contribution in [0.15, 0.2) is 45.8 Å². The minimum absolute atomic E-state index is 0.0510. The van der Waals surface area contributed by atoms with E-state index in [1.807, 2.05) is 25.3 Å². The first-order valence-electron chi connectivity index (χ1n) is 5.46. The van der Waals surface area contributed by atoms with Crippen LogP contribution in [0, 0.1) is 18.3 Å². The summed E-state index contributed by atoms with van der Waals surface area (Å²) in [7, 11) is 0. The Labute approximate surface area is 113 Å². The lowest BCUT2D eigenvalue weighted by Gasteiger charge is -2.08. The Hall–Kier alpha value is -1.86. The van der Waals surface area contributed by atoms with Gasteiger partial charge in [0, 0.05) is 6.20 Å². The largest absolute Gasteiger partial charge is 0.310 e. The molecular weight excluding hydrogens is 292 g/mol. The summed E-state index contributed by atoms with van der Waals surface area (Å²) in [6.45, 7) is 2.45. The lowest BCUT2D eigenvalue weighted by molar-refractivity contribution is 0.750. The molecule has 0 N–H and O–H groups in total. The smallest absolute Gasteiger partial charge is 0.265 e. The zero-order valence-electron chi connectivity index (χ0n) is 9.85. The number of hydrogen-bond acceptors (Lipinski definition) is 2. The van der Waals surface area contributed by atoms with Crippen LogP contribution in [0.2, 0.25) is 0 Å². The van der Waals surface area contributed by atoms with E-state index in [0.717, 1.165) is 11.1 Å². The third-order valence-electron chi connectivity index (χ3n) is 2.61. The molecule has 1 heterocycles. The quantitative estimate of drug-likeness (QED) is 0.856. The van der Waals surface area contributed by atoms with Crippen LogP contribution in [0.1, 0.15) is 16.7 Å². The third kappa shape index (κ3) is 2.69. The molecule has 3 nitrogen and oxygen atoms in total. The Morgan fingerprint density at radius 1 is 1.33 bits per heavy atom. The van der Waals surface area contributed by atoms with E-state index in [1.54, 1.807) is 22.8 Å². The SMILES string of the molecule is Cc1cc(Br)c(=O)n(Cc2ccc(C#N)cc2)c1. The van der Waals surface area contributed by atoms with Crippen LogP contribution in [0.4, 0.5) is 0 Å². The van der Waals surface area contributed by atoms with E-state index < -0.39 is 0 Å². The molecule has 1 aromatic carbocycles. The molecular formula is C14H11BrN2O. The van der Waals surface area contributed by atoms with Crippen molar-refractivity contribution in [2.45, 2.75) is 13.5 Å². The topological polar surface area (TPSA) is 45.8 Å². The fourth-order valence-corrected chi connectivity index (χ4v) is 2.33. The minimum Gasteiger partial charge on any atom is -0.310 e. The standard InChI is InChI=1S/C14H11BrN2O/c1-10-6-13(15)14(18)17(8-10)9-12-4-2-11(7-16)3-5-12/h2-6,8H,9H2,1H3. The zero-order chi connectivity index (χ0) is 13.1. The third-order valence-corrected chi connectivity index (χ3v) is 3.18. The highest BCUT2D eigenvalue weighted by molar-refractivity contribution is 9.10. The van der Waals surface area contributed by atoms with E-state index in [1.165, 1.54) is 0 Å². The number of pyridine rings is 1. The molecule has 0 amide bonds. The molecule has 4 heteroatoms. The fourth-order valence-electron chi connectivity index (χ4n) is 1.74. The van der Waals surface area contributed by atoms with Crippen LogP contribution in [-0.2, 0) is 6.54 Å². The molecule has 2 rings (SSSR count). The van der Waals surface area contributed by atoms with Gasteiger partial charge < -0.3 is 4.57 Å². The minimum atomic E-state index is -0.0510. The highest BCUT2D eigenvalue weighted by Gasteiger charge is 2.03. The summed E-state index contributed by atoms with van der Waals surface area (Å²) in [6.07, 6.45) is 1.82. The number of aromatic nitrogens is 1. The molecule has 0 saturated carbocycles. The predicted molar refractivity (Wildman–Crippen MR) is 73.4 cm³/mol. The van der Waals surface area contributed by atoms with Gasteiger partial charge in [0.05, 0.1) is 22.7 Å². The predicted octanol–water partition coefficient (Wildman–Crippen LogP) is 2.84. The van der Waals surface area contributed by atoms with Gasteiger partial charge >= 0.3 is 0 Å². The average Bonchev–Trinajstić information content (AvgIpc) is 2.36. The number of nitriles is 1. The van der Waals surface area contributed by atoms with Crippen molar-refractivity contribution in [2.75, 3.05) is 0 Å². The molecule has 0 radical (unpaired) electrons. The summed E-state index contributed by atoms with van der Waals surface area (Å²) >= 11 is 3.26. The van der Waals surface area contributed by atoms with Crippen molar-refractivity contribution < 1.29 is 0 Å². The summed E-state index contributed by atoms with van der Waals surface area (Å²) in [6, 6.07) is 11.1. The Morgan fingerprint density at radius 3 is 2.61 bits per heavy atom. The van der Waals surface area contributed by atoms with Crippen molar-refractivity contribution in [3.05, 3.63) is 68.0 Å². The zero-order valence-corrected chi connectivity index (χ0v) is 11.4. The maximum absolute atomic E-state index is 11.9. The van der Waals surface area contributed by atoms with Crippen LogP contribution < -0.4 is 5.56 Å². The molecule has 0 aliphatic rings. The van der Waals surface area contributed by atoms with Gasteiger partial charge in [-0.05, 0) is 52.2 Å². The molecule has 2 aromatic rings. The number of nitrogens with zero attached hydrogens (tertiary/aromatic N) is 2. The Balaban J connectivity index is 2.34. The van der Waals surface area contributed by atoms with Gasteiger partial charge in [0.1, 0.15) is 0 Å². The van der Waals surface area contributed by atoms with Gasteiger partial charge in [0.25, 0.3) is 5.56 Å². The molecule has 1 aromatic heterocycles. The van der Waals surface area contributed by atoms with E-state index in [9.17, 15) is 4.79 Å². The molecule has 90 valence electrons. The second-order valence-corrected chi connectivity index (χ2v) is 4.96. The Morgan fingerprint density at radius 2 is 2.00 bits per heavy atom. The summed E-state index contributed by atoms with van der Waals surface area (Å²) in [5.41, 5.74) is 2.59. The second kappa shape index (κ2) is 5.19. The lowest BCUT2D eigenvalue weighted by Crippen LogP contribution is -2.21. The highest BCUT2D eigenvalue weighted by Crippen LogP contribution is 2.09. The van der Waals surface area contributed by atoms with Crippen molar-refractivity contribution >= 4 is 15.9 Å². The van der Waals surface area contributed by atoms with Gasteiger partial charge in [-0.1, -0.05) is 12.1 Å². The molecule has 0 aliphatic heterocycles. The second-order valence-electron chi connectivity index (χ2n) is 4.11. The van der Waals surface area contributed by atoms with Gasteiger partial charge in [-0.3, -0.25) is 4.79 Å². The van der Waals surface area contributed by atoms with Crippen LogP contribution in [-0.4, -0.2) is 4.57 Å². The summed E-state index contributed by atoms with van der Waals surface area (Å²) < 4.78 is 2.22. The van der Waals surface area contributed by atoms with Crippen molar-refractivity contribution in [3.8, 4) is 6.07 Å². The van der Waals surface area contributed by atoms with Crippen molar-refractivity contribution in [1.82, 2.24) is 4.57 Å². The summed E-state index contributed by atoms with van der Waals surface area (Å²) in [4.78, 5) is 11.9. The molecule has 18 heavy (non-hydrogen) atoms. The average molecular weight is 303 g/mol. The molecule has 0 atom stereocenters. The lowest BCUT2D eigenvalue weighted by atomic mass is 10.1. The van der Waals surface area contributed by atoms with E-state index in [4.69, 9.17) is 5.26 Å². The number of benzene rings is 1. The first-order valence-corrected chi connectivity index (χ1v) is 6.25. The van der Waals surface area contributed by atoms with Crippen molar-refractivity contribution in [1.29, 1.82) is 5.26 Å². The van der Waals surface area contributed by atoms with Crippen LogP contribution in [0.5, 0.6) is 0 Å². The Kier molecular flexibility index (Phi) is 3.63. The fraction of sp³-hybridized carbons (Fsp3) is 0.143. The van der Waals surface area contributed by atoms with Gasteiger partial charge in [-0.15, -0.1) is 0 Å². The van der Waals surface area contributed by atoms with Gasteiger partial charge in [0.15, 0.2) is 0 Å². The number of hydrogen-bond donors (Lipinski definition) is 0. The van der Waals surface area contributed by atoms with Crippen molar-refractivity contribution in [2.24, 2.45) is 0 Å². The Bertz CT molecular complexity index is 666.